The molecule has 1 aliphatic heterocycles. The number of fused-ring (bicyclic) bond motifs is 1. The van der Waals surface area contributed by atoms with E-state index in [2.05, 4.69) is 15.1 Å². The average Bonchev–Trinajstić information content (AvgIpc) is 2.87. The van der Waals surface area contributed by atoms with Gasteiger partial charge in [-0.05, 0) is 40.2 Å². The Kier molecular flexibility index (Phi) is 4.51. The van der Waals surface area contributed by atoms with E-state index in [1.165, 1.54) is 10.6 Å². The third-order valence-corrected chi connectivity index (χ3v) is 4.06. The van der Waals surface area contributed by atoms with E-state index >= 15 is 0 Å². The van der Waals surface area contributed by atoms with Gasteiger partial charge in [-0.1, -0.05) is 6.42 Å². The molecule has 0 saturated carbocycles. The highest BCUT2D eigenvalue weighted by molar-refractivity contribution is 5.76. The van der Waals surface area contributed by atoms with Crippen LogP contribution in [0, 0.1) is 0 Å². The first-order valence-electron chi connectivity index (χ1n) is 8.44. The van der Waals surface area contributed by atoms with E-state index in [9.17, 15) is 9.59 Å². The highest BCUT2D eigenvalue weighted by Gasteiger charge is 2.32. The topological polar surface area (TPSA) is 119 Å². The number of anilines is 1. The lowest BCUT2D eigenvalue weighted by Gasteiger charge is -2.35. The van der Waals surface area contributed by atoms with Crippen LogP contribution in [-0.2, 0) is 16.1 Å². The number of esters is 1. The van der Waals surface area contributed by atoms with Crippen LogP contribution in [0.15, 0.2) is 10.9 Å². The number of aromatic amines is 1. The molecule has 0 amide bonds. The summed E-state index contributed by atoms with van der Waals surface area (Å²) in [6.45, 7) is 6.72. The van der Waals surface area contributed by atoms with Gasteiger partial charge in [-0.25, -0.2) is 4.98 Å². The SMILES string of the molecule is CC(C)(C)OC(=O)[C@H]1CCCCN1Cc1cc(=O)n2[nH]c(N)nc2n1. The maximum absolute atomic E-state index is 12.5. The van der Waals surface area contributed by atoms with E-state index in [1.54, 1.807) is 0 Å². The Balaban J connectivity index is 1.82. The molecule has 1 atom stereocenters. The summed E-state index contributed by atoms with van der Waals surface area (Å²) < 4.78 is 6.74. The van der Waals surface area contributed by atoms with Gasteiger partial charge in [0, 0.05) is 12.6 Å². The predicted molar refractivity (Wildman–Crippen MR) is 91.9 cm³/mol. The van der Waals surface area contributed by atoms with Gasteiger partial charge in [0.1, 0.15) is 11.6 Å². The number of aromatic nitrogens is 4. The summed E-state index contributed by atoms with van der Waals surface area (Å²) in [5, 5.41) is 2.63. The van der Waals surface area contributed by atoms with Crippen molar-refractivity contribution in [2.75, 3.05) is 12.3 Å². The van der Waals surface area contributed by atoms with Crippen molar-refractivity contribution in [1.29, 1.82) is 0 Å². The van der Waals surface area contributed by atoms with Crippen LogP contribution in [0.2, 0.25) is 0 Å². The number of nitrogen functional groups attached to an aromatic ring is 1. The molecule has 1 fully saturated rings. The second-order valence-electron chi connectivity index (χ2n) is 7.35. The molecule has 3 rings (SSSR count). The van der Waals surface area contributed by atoms with Crippen molar-refractivity contribution in [3.05, 3.63) is 22.1 Å². The second-order valence-corrected chi connectivity index (χ2v) is 7.35. The summed E-state index contributed by atoms with van der Waals surface area (Å²) in [7, 11) is 0. The number of piperidine rings is 1. The molecule has 0 radical (unpaired) electrons. The van der Waals surface area contributed by atoms with Crippen LogP contribution >= 0.6 is 0 Å². The van der Waals surface area contributed by atoms with Crippen molar-refractivity contribution in [2.45, 2.75) is 58.2 Å². The maximum atomic E-state index is 12.5. The molecule has 0 unspecified atom stereocenters. The van der Waals surface area contributed by atoms with Crippen LogP contribution in [0.25, 0.3) is 5.78 Å². The van der Waals surface area contributed by atoms with E-state index < -0.39 is 5.60 Å². The number of carbonyl (C=O) groups excluding carboxylic acids is 1. The first-order valence-corrected chi connectivity index (χ1v) is 8.44. The molecule has 0 spiro atoms. The Morgan fingerprint density at radius 2 is 2.16 bits per heavy atom. The number of carbonyl (C=O) groups is 1. The zero-order chi connectivity index (χ0) is 18.2. The Morgan fingerprint density at radius 1 is 1.40 bits per heavy atom. The fraction of sp³-hybridized carbons (Fsp3) is 0.625. The van der Waals surface area contributed by atoms with Crippen LogP contribution < -0.4 is 11.3 Å². The number of nitrogens with one attached hydrogen (secondary N) is 1. The zero-order valence-electron chi connectivity index (χ0n) is 14.8. The largest absolute Gasteiger partial charge is 0.459 e. The average molecular weight is 348 g/mol. The Morgan fingerprint density at radius 3 is 2.88 bits per heavy atom. The summed E-state index contributed by atoms with van der Waals surface area (Å²) in [4.78, 5) is 35.0. The summed E-state index contributed by atoms with van der Waals surface area (Å²) >= 11 is 0. The molecule has 1 aliphatic rings. The van der Waals surface area contributed by atoms with Gasteiger partial charge < -0.3 is 10.5 Å². The summed E-state index contributed by atoms with van der Waals surface area (Å²) in [5.74, 6) is 0.131. The van der Waals surface area contributed by atoms with Crippen molar-refractivity contribution in [2.24, 2.45) is 0 Å². The van der Waals surface area contributed by atoms with Crippen molar-refractivity contribution >= 4 is 17.7 Å². The van der Waals surface area contributed by atoms with Crippen LogP contribution in [-0.4, -0.2) is 48.6 Å². The molecule has 3 heterocycles. The van der Waals surface area contributed by atoms with Gasteiger partial charge in [0.2, 0.25) is 5.95 Å². The van der Waals surface area contributed by atoms with Gasteiger partial charge in [0.25, 0.3) is 11.3 Å². The highest BCUT2D eigenvalue weighted by atomic mass is 16.6. The number of H-pyrrole nitrogens is 1. The van der Waals surface area contributed by atoms with E-state index in [4.69, 9.17) is 10.5 Å². The maximum Gasteiger partial charge on any atom is 0.323 e. The van der Waals surface area contributed by atoms with E-state index in [1.807, 2.05) is 25.7 Å². The molecule has 0 aliphatic carbocycles. The number of likely N-dealkylation sites (tertiary alicyclic amines) is 1. The van der Waals surface area contributed by atoms with Gasteiger partial charge in [0.05, 0.1) is 5.69 Å². The monoisotopic (exact) mass is 348 g/mol. The van der Waals surface area contributed by atoms with Gasteiger partial charge in [0.15, 0.2) is 0 Å². The Labute approximate surface area is 145 Å². The lowest BCUT2D eigenvalue weighted by molar-refractivity contribution is -0.163. The van der Waals surface area contributed by atoms with Gasteiger partial charge in [-0.2, -0.15) is 9.50 Å². The molecular formula is C16H24N6O3. The number of hydrogen-bond acceptors (Lipinski definition) is 7. The van der Waals surface area contributed by atoms with E-state index in [0.717, 1.165) is 25.8 Å². The van der Waals surface area contributed by atoms with Gasteiger partial charge in [-0.3, -0.25) is 19.6 Å². The molecule has 0 aromatic carbocycles. The first kappa shape index (κ1) is 17.4. The molecular weight excluding hydrogens is 324 g/mol. The number of ether oxygens (including phenoxy) is 1. The molecule has 3 N–H and O–H groups in total. The second kappa shape index (κ2) is 6.47. The highest BCUT2D eigenvalue weighted by Crippen LogP contribution is 2.22. The van der Waals surface area contributed by atoms with Crippen molar-refractivity contribution in [1.82, 2.24) is 24.5 Å². The van der Waals surface area contributed by atoms with Crippen molar-refractivity contribution in [3.63, 3.8) is 0 Å². The lowest BCUT2D eigenvalue weighted by Crippen LogP contribution is -2.47. The summed E-state index contributed by atoms with van der Waals surface area (Å²) in [5.41, 5.74) is 5.33. The minimum Gasteiger partial charge on any atom is -0.459 e. The normalized spacial score (nSPS) is 19.2. The van der Waals surface area contributed by atoms with Crippen LogP contribution in [0.5, 0.6) is 0 Å². The molecule has 9 nitrogen and oxygen atoms in total. The smallest absolute Gasteiger partial charge is 0.323 e. The quantitative estimate of drug-likeness (QED) is 0.784. The molecule has 2 aromatic rings. The number of nitrogens with zero attached hydrogens (tertiary/aromatic N) is 4. The summed E-state index contributed by atoms with van der Waals surface area (Å²) in [6.07, 6.45) is 2.72. The molecule has 25 heavy (non-hydrogen) atoms. The third kappa shape index (κ3) is 3.98. The zero-order valence-corrected chi connectivity index (χ0v) is 14.8. The fourth-order valence-electron chi connectivity index (χ4n) is 3.05. The summed E-state index contributed by atoms with van der Waals surface area (Å²) in [6, 6.07) is 1.11. The minimum absolute atomic E-state index is 0.131. The third-order valence-electron chi connectivity index (χ3n) is 4.06. The first-order chi connectivity index (χ1) is 11.7. The van der Waals surface area contributed by atoms with Crippen molar-refractivity contribution < 1.29 is 9.53 Å². The Hall–Kier alpha value is -2.42. The lowest BCUT2D eigenvalue weighted by atomic mass is 10.0. The van der Waals surface area contributed by atoms with E-state index in [-0.39, 0.29) is 29.3 Å². The van der Waals surface area contributed by atoms with Crippen molar-refractivity contribution in [3.8, 4) is 0 Å². The minimum atomic E-state index is -0.525. The molecule has 136 valence electrons. The number of rotatable bonds is 3. The van der Waals surface area contributed by atoms with Gasteiger partial charge in [-0.15, -0.1) is 0 Å². The number of nitrogens with two attached hydrogens (primary N) is 1. The Bertz CT molecular complexity index is 834. The predicted octanol–water partition coefficient (Wildman–Crippen LogP) is 0.696. The molecule has 2 aromatic heterocycles. The van der Waals surface area contributed by atoms with Crippen LogP contribution in [0.4, 0.5) is 5.95 Å². The van der Waals surface area contributed by atoms with E-state index in [0.29, 0.717) is 12.2 Å². The number of hydrogen-bond donors (Lipinski definition) is 2. The molecule has 0 bridgehead atoms. The molecule has 9 heteroatoms. The van der Waals surface area contributed by atoms with Crippen LogP contribution in [0.3, 0.4) is 0 Å². The standard InChI is InChI=1S/C16H24N6O3/c1-16(2,3)25-13(24)11-6-4-5-7-21(11)9-10-8-12(23)22-15(18-10)19-14(17)20-22/h8,11H,4-7,9H2,1-3H3,(H3,17,18,19,20)/t11-/m1/s1. The fourth-order valence-corrected chi connectivity index (χ4v) is 3.05. The van der Waals surface area contributed by atoms with Crippen LogP contribution in [0.1, 0.15) is 45.7 Å². The molecule has 1 saturated heterocycles. The van der Waals surface area contributed by atoms with Gasteiger partial charge >= 0.3 is 5.97 Å².